The van der Waals surface area contributed by atoms with Crippen molar-refractivity contribution in [1.82, 2.24) is 0 Å². The van der Waals surface area contributed by atoms with Crippen LogP contribution in [0, 0.1) is 0 Å². The van der Waals surface area contributed by atoms with Gasteiger partial charge in [-0.15, -0.1) is 0 Å². The molecule has 0 saturated carbocycles. The highest BCUT2D eigenvalue weighted by Crippen LogP contribution is 2.16. The topological polar surface area (TPSA) is 9.23 Å². The molecular weight excluding hydrogens is 340 g/mol. The molecule has 2 heteroatoms. The van der Waals surface area contributed by atoms with E-state index in [2.05, 4.69) is 12.1 Å². The lowest BCUT2D eigenvalue weighted by Crippen LogP contribution is -1.91. The van der Waals surface area contributed by atoms with Gasteiger partial charge in [-0.05, 0) is 47.5 Å². The van der Waals surface area contributed by atoms with E-state index < -0.39 is 0 Å². The second-order valence-electron chi connectivity index (χ2n) is 5.64. The van der Waals surface area contributed by atoms with E-state index >= 15 is 0 Å². The molecule has 0 saturated heterocycles. The molecular formula is C24H19ClO. The number of hydrogen-bond acceptors (Lipinski definition) is 1. The summed E-state index contributed by atoms with van der Waals surface area (Å²) in [6.45, 7) is 0. The SMILES string of the molecule is Clc1ccc(/C=C/C=C(/C=C/c2ccccc2)Oc2ccccc2)cc1. The summed E-state index contributed by atoms with van der Waals surface area (Å²) < 4.78 is 6.00. The standard InChI is InChI=1S/C24H19ClO/c25-22-17-14-21(15-18-22)10-7-13-24(26-23-11-5-2-6-12-23)19-16-20-8-3-1-4-9-20/h1-19H/b10-7+,19-16+,24-13-. The summed E-state index contributed by atoms with van der Waals surface area (Å²) in [5.41, 5.74) is 2.20. The van der Waals surface area contributed by atoms with Gasteiger partial charge in [-0.3, -0.25) is 0 Å². The van der Waals surface area contributed by atoms with Crippen LogP contribution < -0.4 is 4.74 Å². The largest absolute Gasteiger partial charge is 0.457 e. The highest BCUT2D eigenvalue weighted by atomic mass is 35.5. The molecule has 0 aliphatic rings. The van der Waals surface area contributed by atoms with Crippen LogP contribution in [0.3, 0.4) is 0 Å². The molecule has 128 valence electrons. The number of allylic oxidation sites excluding steroid dienone is 3. The van der Waals surface area contributed by atoms with E-state index in [1.165, 1.54) is 0 Å². The molecule has 0 radical (unpaired) electrons. The van der Waals surface area contributed by atoms with Crippen molar-refractivity contribution in [2.45, 2.75) is 0 Å². The summed E-state index contributed by atoms with van der Waals surface area (Å²) in [4.78, 5) is 0. The lowest BCUT2D eigenvalue weighted by Gasteiger charge is -2.05. The highest BCUT2D eigenvalue weighted by molar-refractivity contribution is 6.30. The van der Waals surface area contributed by atoms with E-state index in [1.54, 1.807) is 0 Å². The van der Waals surface area contributed by atoms with Gasteiger partial charge in [0.05, 0.1) is 0 Å². The number of benzene rings is 3. The Labute approximate surface area is 159 Å². The molecule has 0 unspecified atom stereocenters. The van der Waals surface area contributed by atoms with Crippen molar-refractivity contribution in [2.24, 2.45) is 0 Å². The summed E-state index contributed by atoms with van der Waals surface area (Å²) >= 11 is 5.92. The Morgan fingerprint density at radius 2 is 1.31 bits per heavy atom. The molecule has 0 spiro atoms. The predicted octanol–water partition coefficient (Wildman–Crippen LogP) is 7.03. The number of rotatable bonds is 6. The first kappa shape index (κ1) is 17.8. The molecule has 0 bridgehead atoms. The van der Waals surface area contributed by atoms with Gasteiger partial charge in [0.25, 0.3) is 0 Å². The Kier molecular flexibility index (Phi) is 6.46. The maximum Gasteiger partial charge on any atom is 0.127 e. The van der Waals surface area contributed by atoms with Gasteiger partial charge in [-0.1, -0.05) is 90.5 Å². The molecule has 3 aromatic carbocycles. The lowest BCUT2D eigenvalue weighted by molar-refractivity contribution is 0.445. The summed E-state index contributed by atoms with van der Waals surface area (Å²) in [6.07, 6.45) is 9.93. The van der Waals surface area contributed by atoms with Gasteiger partial charge in [0.1, 0.15) is 11.5 Å². The number of hydrogen-bond donors (Lipinski definition) is 0. The minimum absolute atomic E-state index is 0.733. The molecule has 0 aromatic heterocycles. The van der Waals surface area contributed by atoms with Crippen LogP contribution in [0.1, 0.15) is 11.1 Å². The van der Waals surface area contributed by atoms with Crippen molar-refractivity contribution in [3.63, 3.8) is 0 Å². The van der Waals surface area contributed by atoms with Gasteiger partial charge < -0.3 is 4.74 Å². The minimum Gasteiger partial charge on any atom is -0.457 e. The fourth-order valence-corrected chi connectivity index (χ4v) is 2.44. The van der Waals surface area contributed by atoms with Crippen LogP contribution in [0.4, 0.5) is 0 Å². The van der Waals surface area contributed by atoms with Crippen LogP contribution in [0.5, 0.6) is 5.75 Å². The van der Waals surface area contributed by atoms with Crippen molar-refractivity contribution in [2.75, 3.05) is 0 Å². The van der Waals surface area contributed by atoms with Crippen molar-refractivity contribution >= 4 is 23.8 Å². The molecule has 3 aromatic rings. The first-order chi connectivity index (χ1) is 12.8. The maximum absolute atomic E-state index is 6.00. The van der Waals surface area contributed by atoms with E-state index in [-0.39, 0.29) is 0 Å². The zero-order valence-corrected chi connectivity index (χ0v) is 15.0. The van der Waals surface area contributed by atoms with E-state index in [0.717, 1.165) is 27.7 Å². The first-order valence-corrected chi connectivity index (χ1v) is 8.77. The summed E-state index contributed by atoms with van der Waals surface area (Å²) in [5, 5.41) is 0.733. The highest BCUT2D eigenvalue weighted by Gasteiger charge is 1.96. The average molecular weight is 359 g/mol. The van der Waals surface area contributed by atoms with Crippen molar-refractivity contribution in [3.05, 3.63) is 125 Å². The van der Waals surface area contributed by atoms with Gasteiger partial charge >= 0.3 is 0 Å². The Balaban J connectivity index is 1.79. The fourth-order valence-electron chi connectivity index (χ4n) is 2.32. The van der Waals surface area contributed by atoms with Crippen LogP contribution in [0.25, 0.3) is 12.2 Å². The van der Waals surface area contributed by atoms with Gasteiger partial charge in [0, 0.05) is 5.02 Å². The zero-order valence-electron chi connectivity index (χ0n) is 14.3. The molecule has 1 nitrogen and oxygen atoms in total. The Hall–Kier alpha value is -3.03. The summed E-state index contributed by atoms with van der Waals surface area (Å²) in [6, 6.07) is 27.6. The second kappa shape index (κ2) is 9.45. The first-order valence-electron chi connectivity index (χ1n) is 8.39. The molecule has 0 amide bonds. The third-order valence-electron chi connectivity index (χ3n) is 3.64. The molecule has 0 N–H and O–H groups in total. The van der Waals surface area contributed by atoms with E-state index in [4.69, 9.17) is 16.3 Å². The fraction of sp³-hybridized carbons (Fsp3) is 0. The van der Waals surface area contributed by atoms with Crippen molar-refractivity contribution < 1.29 is 4.74 Å². The van der Waals surface area contributed by atoms with Gasteiger partial charge in [0.15, 0.2) is 0 Å². The maximum atomic E-state index is 6.00. The van der Waals surface area contributed by atoms with Crippen LogP contribution in [0.2, 0.25) is 5.02 Å². The van der Waals surface area contributed by atoms with Crippen molar-refractivity contribution in [3.8, 4) is 5.75 Å². The molecule has 0 heterocycles. The molecule has 0 fully saturated rings. The Bertz CT molecular complexity index is 892. The smallest absolute Gasteiger partial charge is 0.127 e. The number of para-hydroxylation sites is 1. The minimum atomic E-state index is 0.733. The molecule has 0 aliphatic carbocycles. The van der Waals surface area contributed by atoms with E-state index in [1.807, 2.05) is 103 Å². The number of halogens is 1. The van der Waals surface area contributed by atoms with E-state index in [0.29, 0.717) is 0 Å². The van der Waals surface area contributed by atoms with Gasteiger partial charge in [-0.25, -0.2) is 0 Å². The Morgan fingerprint density at radius 1 is 0.692 bits per heavy atom. The summed E-state index contributed by atoms with van der Waals surface area (Å²) in [5.74, 6) is 1.56. The normalized spacial score (nSPS) is 12.0. The van der Waals surface area contributed by atoms with Crippen LogP contribution in [0.15, 0.2) is 109 Å². The van der Waals surface area contributed by atoms with Crippen LogP contribution in [-0.4, -0.2) is 0 Å². The van der Waals surface area contributed by atoms with Crippen LogP contribution >= 0.6 is 11.6 Å². The van der Waals surface area contributed by atoms with Gasteiger partial charge in [-0.2, -0.15) is 0 Å². The zero-order chi connectivity index (χ0) is 18.0. The Morgan fingerprint density at radius 3 is 2.00 bits per heavy atom. The third-order valence-corrected chi connectivity index (χ3v) is 3.89. The van der Waals surface area contributed by atoms with Crippen LogP contribution in [-0.2, 0) is 0 Å². The van der Waals surface area contributed by atoms with Crippen molar-refractivity contribution in [1.29, 1.82) is 0 Å². The van der Waals surface area contributed by atoms with Gasteiger partial charge in [0.2, 0.25) is 0 Å². The average Bonchev–Trinajstić information content (AvgIpc) is 2.69. The van der Waals surface area contributed by atoms with E-state index in [9.17, 15) is 0 Å². The second-order valence-corrected chi connectivity index (χ2v) is 6.08. The lowest BCUT2D eigenvalue weighted by atomic mass is 10.2. The number of ether oxygens (including phenoxy) is 1. The monoisotopic (exact) mass is 358 g/mol. The third kappa shape index (κ3) is 5.80. The molecule has 0 atom stereocenters. The summed E-state index contributed by atoms with van der Waals surface area (Å²) in [7, 11) is 0. The quantitative estimate of drug-likeness (QED) is 0.339. The predicted molar refractivity (Wildman–Crippen MR) is 111 cm³/mol. The molecule has 3 rings (SSSR count). The molecule has 26 heavy (non-hydrogen) atoms. The molecule has 0 aliphatic heterocycles.